The van der Waals surface area contributed by atoms with Crippen LogP contribution in [0.25, 0.3) is 0 Å². The van der Waals surface area contributed by atoms with Gasteiger partial charge in [-0.05, 0) is 26.3 Å². The number of aryl methyl sites for hydroxylation is 3. The van der Waals surface area contributed by atoms with Gasteiger partial charge >= 0.3 is 5.97 Å². The minimum absolute atomic E-state index is 0.00275. The molecule has 10 nitrogen and oxygen atoms in total. The summed E-state index contributed by atoms with van der Waals surface area (Å²) in [4.78, 5) is 38.7. The second kappa shape index (κ2) is 8.63. The van der Waals surface area contributed by atoms with Crippen LogP contribution in [0, 0.1) is 13.8 Å². The fourth-order valence-corrected chi connectivity index (χ4v) is 6.70. The maximum absolute atomic E-state index is 12.8. The molecule has 2 atom stereocenters. The van der Waals surface area contributed by atoms with Crippen molar-refractivity contribution in [2.75, 3.05) is 11.5 Å². The van der Waals surface area contributed by atoms with Gasteiger partial charge in [0.1, 0.15) is 22.1 Å². The van der Waals surface area contributed by atoms with Crippen molar-refractivity contribution in [2.45, 2.75) is 43.1 Å². The summed E-state index contributed by atoms with van der Waals surface area (Å²) < 4.78 is 2.41. The zero-order valence-corrected chi connectivity index (χ0v) is 19.4. The maximum atomic E-state index is 12.8. The third kappa shape index (κ3) is 4.08. The SMILES string of the molecule is CCn1cc(C(=O)N[C@H]2C(=O)N3C(C(=O)O)=C(CSc4nnc(C)s4)CS[C@@H]23)c(C)n1. The van der Waals surface area contributed by atoms with Crippen molar-refractivity contribution in [3.63, 3.8) is 0 Å². The second-order valence-corrected chi connectivity index (χ2v) is 10.5. The number of nitrogens with zero attached hydrogens (tertiary/aromatic N) is 5. The van der Waals surface area contributed by atoms with Gasteiger partial charge in [0.05, 0.1) is 11.3 Å². The number of β-lactam (4-membered cyclic amide) rings is 1. The van der Waals surface area contributed by atoms with Crippen molar-refractivity contribution in [1.82, 2.24) is 30.2 Å². The number of amides is 2. The Morgan fingerprint density at radius 2 is 2.13 bits per heavy atom. The third-order valence-corrected chi connectivity index (χ3v) is 8.33. The van der Waals surface area contributed by atoms with Gasteiger partial charge in [0.25, 0.3) is 11.8 Å². The Kier molecular flexibility index (Phi) is 6.08. The molecule has 0 saturated carbocycles. The highest BCUT2D eigenvalue weighted by Crippen LogP contribution is 2.41. The van der Waals surface area contributed by atoms with E-state index in [9.17, 15) is 19.5 Å². The van der Waals surface area contributed by atoms with E-state index in [-0.39, 0.29) is 11.6 Å². The fraction of sp³-hybridized carbons (Fsp3) is 0.444. The number of thioether (sulfide) groups is 2. The van der Waals surface area contributed by atoms with Crippen molar-refractivity contribution < 1.29 is 19.5 Å². The third-order valence-electron chi connectivity index (χ3n) is 4.93. The van der Waals surface area contributed by atoms with E-state index in [1.807, 2.05) is 13.8 Å². The number of nitrogens with one attached hydrogen (secondary N) is 1. The predicted octanol–water partition coefficient (Wildman–Crippen LogP) is 1.52. The molecule has 164 valence electrons. The predicted molar refractivity (Wildman–Crippen MR) is 117 cm³/mol. The largest absolute Gasteiger partial charge is 0.477 e. The Labute approximate surface area is 190 Å². The summed E-state index contributed by atoms with van der Waals surface area (Å²) in [5.74, 6) is -1.08. The van der Waals surface area contributed by atoms with Gasteiger partial charge < -0.3 is 10.4 Å². The first-order valence-electron chi connectivity index (χ1n) is 9.48. The number of hydrogen-bond donors (Lipinski definition) is 2. The number of hydrogen-bond acceptors (Lipinski definition) is 9. The van der Waals surface area contributed by atoms with Gasteiger partial charge in [-0.3, -0.25) is 19.2 Å². The van der Waals surface area contributed by atoms with Gasteiger partial charge in [0.2, 0.25) is 0 Å². The fourth-order valence-electron chi connectivity index (χ4n) is 3.40. The summed E-state index contributed by atoms with van der Waals surface area (Å²) in [5, 5.41) is 25.2. The molecule has 2 aromatic rings. The lowest BCUT2D eigenvalue weighted by molar-refractivity contribution is -0.148. The van der Waals surface area contributed by atoms with Crippen LogP contribution in [0.5, 0.6) is 0 Å². The van der Waals surface area contributed by atoms with Gasteiger partial charge in [-0.1, -0.05) is 23.1 Å². The lowest BCUT2D eigenvalue weighted by Gasteiger charge is -2.49. The number of rotatable bonds is 7. The molecule has 0 radical (unpaired) electrons. The molecule has 0 aliphatic carbocycles. The van der Waals surface area contributed by atoms with Crippen LogP contribution >= 0.6 is 34.9 Å². The topological polar surface area (TPSA) is 130 Å². The van der Waals surface area contributed by atoms with Crippen molar-refractivity contribution in [2.24, 2.45) is 0 Å². The minimum Gasteiger partial charge on any atom is -0.477 e. The Bertz CT molecular complexity index is 1090. The van der Waals surface area contributed by atoms with Crippen molar-refractivity contribution in [1.29, 1.82) is 0 Å². The number of carbonyl (C=O) groups is 3. The Morgan fingerprint density at radius 3 is 2.74 bits per heavy atom. The molecule has 0 aromatic carbocycles. The van der Waals surface area contributed by atoms with E-state index < -0.39 is 23.3 Å². The molecule has 4 rings (SSSR count). The Hall–Kier alpha value is -2.38. The van der Waals surface area contributed by atoms with Crippen molar-refractivity contribution >= 4 is 52.6 Å². The Morgan fingerprint density at radius 1 is 1.35 bits per heavy atom. The lowest BCUT2D eigenvalue weighted by atomic mass is 10.0. The van der Waals surface area contributed by atoms with Crippen LogP contribution in [0.2, 0.25) is 0 Å². The van der Waals surface area contributed by atoms with E-state index in [1.54, 1.807) is 17.8 Å². The summed E-state index contributed by atoms with van der Waals surface area (Å²) in [6.45, 7) is 6.14. The molecule has 2 aliphatic rings. The molecule has 0 bridgehead atoms. The molecule has 2 amide bonds. The molecule has 13 heteroatoms. The number of carboxylic acids is 1. The number of aromatic nitrogens is 4. The molecular weight excluding hydrogens is 460 g/mol. The maximum Gasteiger partial charge on any atom is 0.352 e. The first-order valence-corrected chi connectivity index (χ1v) is 12.3. The Balaban J connectivity index is 1.48. The average molecular weight is 481 g/mol. The molecule has 31 heavy (non-hydrogen) atoms. The van der Waals surface area contributed by atoms with Gasteiger partial charge in [0.15, 0.2) is 4.34 Å². The molecule has 2 aliphatic heterocycles. The van der Waals surface area contributed by atoms with Crippen LogP contribution in [-0.2, 0) is 16.1 Å². The summed E-state index contributed by atoms with van der Waals surface area (Å²) in [6, 6.07) is -0.767. The van der Waals surface area contributed by atoms with Crippen LogP contribution in [0.15, 0.2) is 21.8 Å². The lowest BCUT2D eigenvalue weighted by Crippen LogP contribution is -2.70. The van der Waals surface area contributed by atoms with Crippen LogP contribution in [0.1, 0.15) is 28.0 Å². The van der Waals surface area contributed by atoms with E-state index in [2.05, 4.69) is 20.6 Å². The summed E-state index contributed by atoms with van der Waals surface area (Å²) in [7, 11) is 0. The molecule has 1 fully saturated rings. The minimum atomic E-state index is -1.15. The van der Waals surface area contributed by atoms with Crippen molar-refractivity contribution in [3.05, 3.63) is 33.7 Å². The highest BCUT2D eigenvalue weighted by atomic mass is 32.2. The number of fused-ring (bicyclic) bond motifs is 1. The highest BCUT2D eigenvalue weighted by molar-refractivity contribution is 8.01. The van der Waals surface area contributed by atoms with Crippen molar-refractivity contribution in [3.8, 4) is 0 Å². The van der Waals surface area contributed by atoms with E-state index in [0.29, 0.717) is 34.9 Å². The number of aliphatic carboxylic acids is 1. The van der Waals surface area contributed by atoms with Gasteiger partial charge in [-0.2, -0.15) is 5.10 Å². The van der Waals surface area contributed by atoms with Gasteiger partial charge in [0, 0.05) is 24.2 Å². The summed E-state index contributed by atoms with van der Waals surface area (Å²) >= 11 is 4.29. The first kappa shape index (κ1) is 21.8. The van der Waals surface area contributed by atoms with Crippen LogP contribution in [-0.4, -0.2) is 70.7 Å². The molecule has 2 N–H and O–H groups in total. The van der Waals surface area contributed by atoms with Gasteiger partial charge in [-0.15, -0.1) is 22.0 Å². The average Bonchev–Trinajstić information content (AvgIpc) is 3.34. The molecule has 2 aromatic heterocycles. The quantitative estimate of drug-likeness (QED) is 0.447. The van der Waals surface area contributed by atoms with E-state index >= 15 is 0 Å². The molecular formula is C18H20N6O4S3. The van der Waals surface area contributed by atoms with Gasteiger partial charge in [-0.25, -0.2) is 4.79 Å². The monoisotopic (exact) mass is 480 g/mol. The van der Waals surface area contributed by atoms with E-state index in [4.69, 9.17) is 0 Å². The first-order chi connectivity index (χ1) is 14.8. The standard InChI is InChI=1S/C18H20N6O4S3/c1-4-23-5-11(8(2)22-23)14(25)19-12-15(26)24-13(17(27)28)10(6-29-16(12)24)7-30-18-21-20-9(3)31-18/h5,12,16H,4,6-7H2,1-3H3,(H,19,25)(H,27,28)/t12-,16-/m0/s1. The second-order valence-electron chi connectivity index (χ2n) is 6.98. The molecule has 0 unspecified atom stereocenters. The summed E-state index contributed by atoms with van der Waals surface area (Å²) in [5.41, 5.74) is 1.65. The zero-order valence-electron chi connectivity index (χ0n) is 17.0. The number of carboxylic acid groups (broad SMARTS) is 1. The van der Waals surface area contributed by atoms with Crippen LogP contribution < -0.4 is 5.32 Å². The number of carbonyl (C=O) groups excluding carboxylic acids is 2. The molecule has 1 saturated heterocycles. The smallest absolute Gasteiger partial charge is 0.352 e. The van der Waals surface area contributed by atoms with E-state index in [1.165, 1.54) is 39.8 Å². The molecule has 4 heterocycles. The van der Waals surface area contributed by atoms with E-state index in [0.717, 1.165) is 9.35 Å². The van der Waals surface area contributed by atoms with Crippen LogP contribution in [0.3, 0.4) is 0 Å². The summed E-state index contributed by atoms with van der Waals surface area (Å²) in [6.07, 6.45) is 1.65. The zero-order chi connectivity index (χ0) is 22.3. The normalized spacial score (nSPS) is 20.5. The molecule has 0 spiro atoms. The highest BCUT2D eigenvalue weighted by Gasteiger charge is 2.54. The van der Waals surface area contributed by atoms with Crippen LogP contribution in [0.4, 0.5) is 0 Å².